The second-order valence-corrected chi connectivity index (χ2v) is 10.6. The van der Waals surface area contributed by atoms with E-state index >= 15 is 0 Å². The molecule has 0 aromatic heterocycles. The van der Waals surface area contributed by atoms with Crippen LogP contribution >= 0.6 is 0 Å². The summed E-state index contributed by atoms with van der Waals surface area (Å²) >= 11 is 0. The van der Waals surface area contributed by atoms with Gasteiger partial charge >= 0.3 is 41.5 Å². The molecule has 0 amide bonds. The maximum absolute atomic E-state index is 13.9. The minimum absolute atomic E-state index is 0. The first kappa shape index (κ1) is 34.9. The van der Waals surface area contributed by atoms with Gasteiger partial charge in [-0.1, -0.05) is 25.1 Å². The van der Waals surface area contributed by atoms with E-state index in [9.17, 15) is 29.7 Å². The van der Waals surface area contributed by atoms with Crippen LogP contribution in [-0.4, -0.2) is 67.4 Å². The maximum Gasteiger partial charge on any atom is 1.00 e. The molecular weight excluding hydrogens is 611 g/mol. The third kappa shape index (κ3) is 5.86. The minimum atomic E-state index is -2.41. The number of carbonyl (C=O) groups excluding carboxylic acids is 1. The zero-order valence-electron chi connectivity index (χ0n) is 26.0. The molecule has 238 valence electrons. The van der Waals surface area contributed by atoms with Crippen LogP contribution in [0, 0.1) is 0 Å². The van der Waals surface area contributed by atoms with Crippen molar-refractivity contribution in [3.63, 3.8) is 0 Å². The number of rotatable bonds is 14. The molecule has 0 fully saturated rings. The topological polar surface area (TPSA) is 170 Å². The van der Waals surface area contributed by atoms with E-state index in [1.807, 2.05) is 6.92 Å². The fraction of sp³-hybridized carbons (Fsp3) is 0.364. The van der Waals surface area contributed by atoms with Crippen molar-refractivity contribution in [3.05, 3.63) is 76.9 Å². The van der Waals surface area contributed by atoms with Gasteiger partial charge in [-0.3, -0.25) is 4.79 Å². The van der Waals surface area contributed by atoms with E-state index in [0.29, 0.717) is 47.2 Å². The first-order chi connectivity index (χ1) is 21.6. The first-order valence-corrected chi connectivity index (χ1v) is 14.4. The van der Waals surface area contributed by atoms with Crippen molar-refractivity contribution < 1.29 is 87.7 Å². The first-order valence-electron chi connectivity index (χ1n) is 14.4. The number of fused-ring (bicyclic) bond motifs is 2. The van der Waals surface area contributed by atoms with Gasteiger partial charge < -0.3 is 48.5 Å². The van der Waals surface area contributed by atoms with Gasteiger partial charge in [0.05, 0.1) is 31.5 Å². The Morgan fingerprint density at radius 2 is 1.65 bits per heavy atom. The Kier molecular flexibility index (Phi) is 10.8. The molecule has 0 radical (unpaired) electrons. The molecule has 2 N–H and O–H groups in total. The second-order valence-electron chi connectivity index (χ2n) is 10.6. The van der Waals surface area contributed by atoms with Crippen molar-refractivity contribution in [2.45, 2.75) is 43.6 Å². The average molecular weight is 645 g/mol. The van der Waals surface area contributed by atoms with E-state index in [-0.39, 0.29) is 59.8 Å². The van der Waals surface area contributed by atoms with E-state index in [4.69, 9.17) is 28.4 Å². The molecule has 3 aromatic rings. The SMILES string of the molecule is CCCOc1ccc2c(c1)C(c1ccc(OC)cc1OCC(=O)O)C(OCC)(C(=O)[O-])C2(CC(=O)O)c1ccc2c(c1)OCO2.[Na+]. The number of aliphatic carboxylic acids is 3. The summed E-state index contributed by atoms with van der Waals surface area (Å²) in [7, 11) is 1.42. The van der Waals surface area contributed by atoms with Crippen LogP contribution in [0.25, 0.3) is 0 Å². The number of methoxy groups -OCH3 is 1. The summed E-state index contributed by atoms with van der Waals surface area (Å²) < 4.78 is 34.4. The van der Waals surface area contributed by atoms with Gasteiger partial charge in [-0.25, -0.2) is 4.79 Å². The molecule has 1 aliphatic carbocycles. The summed E-state index contributed by atoms with van der Waals surface area (Å²) in [4.78, 5) is 38.2. The van der Waals surface area contributed by atoms with Crippen LogP contribution in [0.4, 0.5) is 0 Å². The summed E-state index contributed by atoms with van der Waals surface area (Å²) in [6.07, 6.45) is -0.0188. The number of ether oxygens (including phenoxy) is 6. The predicted octanol–water partition coefficient (Wildman–Crippen LogP) is 0.112. The van der Waals surface area contributed by atoms with Crippen LogP contribution in [0.3, 0.4) is 0 Å². The summed E-state index contributed by atoms with van der Waals surface area (Å²) in [5.41, 5.74) is -3.09. The van der Waals surface area contributed by atoms with Crippen LogP contribution in [0.1, 0.15) is 54.9 Å². The minimum Gasteiger partial charge on any atom is -0.547 e. The van der Waals surface area contributed by atoms with Gasteiger partial charge in [-0.15, -0.1) is 0 Å². The Labute approximate surface area is 287 Å². The van der Waals surface area contributed by atoms with Gasteiger partial charge in [0.2, 0.25) is 6.79 Å². The molecule has 2 aliphatic rings. The largest absolute Gasteiger partial charge is 1.00 e. The fourth-order valence-electron chi connectivity index (χ4n) is 6.55. The molecule has 5 rings (SSSR count). The van der Waals surface area contributed by atoms with Crippen LogP contribution < -0.4 is 58.3 Å². The Bertz CT molecular complexity index is 1620. The van der Waals surface area contributed by atoms with Crippen molar-refractivity contribution in [3.8, 4) is 28.7 Å². The van der Waals surface area contributed by atoms with E-state index in [2.05, 4.69) is 0 Å². The fourth-order valence-corrected chi connectivity index (χ4v) is 6.55. The number of carboxylic acids is 3. The molecule has 3 atom stereocenters. The summed E-state index contributed by atoms with van der Waals surface area (Å²) in [5.74, 6) is -4.04. The van der Waals surface area contributed by atoms with Crippen LogP contribution in [-0.2, 0) is 24.5 Å². The van der Waals surface area contributed by atoms with Crippen molar-refractivity contribution in [1.29, 1.82) is 0 Å². The van der Waals surface area contributed by atoms with Gasteiger partial charge in [0.1, 0.15) is 22.8 Å². The molecule has 13 heteroatoms. The van der Waals surface area contributed by atoms with E-state index in [1.165, 1.54) is 13.2 Å². The molecule has 46 heavy (non-hydrogen) atoms. The van der Waals surface area contributed by atoms with Gasteiger partial charge in [0.15, 0.2) is 18.1 Å². The zero-order valence-corrected chi connectivity index (χ0v) is 28.0. The summed E-state index contributed by atoms with van der Waals surface area (Å²) in [6.45, 7) is 2.96. The van der Waals surface area contributed by atoms with Gasteiger partial charge in [-0.2, -0.15) is 0 Å². The summed E-state index contributed by atoms with van der Waals surface area (Å²) in [5, 5.41) is 33.7. The number of carboxylic acid groups (broad SMARTS) is 3. The summed E-state index contributed by atoms with van der Waals surface area (Å²) in [6, 6.07) is 14.3. The molecule has 1 heterocycles. The molecule has 3 unspecified atom stereocenters. The van der Waals surface area contributed by atoms with E-state index in [1.54, 1.807) is 55.5 Å². The molecule has 12 nitrogen and oxygen atoms in total. The smallest absolute Gasteiger partial charge is 0.547 e. The monoisotopic (exact) mass is 644 g/mol. The number of hydrogen-bond acceptors (Lipinski definition) is 10. The second kappa shape index (κ2) is 14.2. The molecular formula is C33H33NaO12. The third-order valence-corrected chi connectivity index (χ3v) is 8.15. The normalized spacial score (nSPS) is 20.7. The van der Waals surface area contributed by atoms with Gasteiger partial charge in [-0.05, 0) is 60.4 Å². The zero-order chi connectivity index (χ0) is 32.4. The molecule has 0 bridgehead atoms. The van der Waals surface area contributed by atoms with E-state index < -0.39 is 47.9 Å². The number of carbonyl (C=O) groups is 3. The Morgan fingerprint density at radius 1 is 0.913 bits per heavy atom. The molecule has 0 saturated heterocycles. The Morgan fingerprint density at radius 3 is 2.30 bits per heavy atom. The van der Waals surface area contributed by atoms with Gasteiger partial charge in [0, 0.05) is 24.2 Å². The standard InChI is InChI=1S/C33H34O12.Na/c1-4-12-41-21-8-10-24-23(14-21)30(22-9-7-20(40-3)15-26(22)42-17-29(36)37)33(31(38)39,45-5-2)32(24,16-28(34)35)19-6-11-25-27(13-19)44-18-43-25;/h6-11,13-15,30H,4-5,12,16-18H2,1-3H3,(H,34,35)(H,36,37)(H,38,39);/q;+1/p-1. The molecule has 3 aromatic carbocycles. The van der Waals surface area contributed by atoms with Gasteiger partial charge in [0.25, 0.3) is 0 Å². The van der Waals surface area contributed by atoms with Crippen molar-refractivity contribution in [2.24, 2.45) is 0 Å². The maximum atomic E-state index is 13.9. The third-order valence-electron chi connectivity index (χ3n) is 8.15. The number of hydrogen-bond donors (Lipinski definition) is 2. The van der Waals surface area contributed by atoms with E-state index in [0.717, 1.165) is 0 Å². The molecule has 0 saturated carbocycles. The van der Waals surface area contributed by atoms with Crippen molar-refractivity contribution in [1.82, 2.24) is 0 Å². The number of benzene rings is 3. The average Bonchev–Trinajstić information content (AvgIpc) is 3.58. The van der Waals surface area contributed by atoms with Crippen molar-refractivity contribution in [2.75, 3.05) is 33.7 Å². The Balaban J connectivity index is 0.00000480. The van der Waals surface area contributed by atoms with Crippen LogP contribution in [0.5, 0.6) is 28.7 Å². The Hall–Kier alpha value is -3.97. The molecule has 1 aliphatic heterocycles. The predicted molar refractivity (Wildman–Crippen MR) is 155 cm³/mol. The van der Waals surface area contributed by atoms with Crippen LogP contribution in [0.15, 0.2) is 54.6 Å². The quantitative estimate of drug-likeness (QED) is 0.228. The van der Waals surface area contributed by atoms with Crippen molar-refractivity contribution >= 4 is 17.9 Å². The molecule has 0 spiro atoms. The van der Waals surface area contributed by atoms with Crippen LogP contribution in [0.2, 0.25) is 0 Å².